The van der Waals surface area contributed by atoms with Gasteiger partial charge >= 0.3 is 11.9 Å². The summed E-state index contributed by atoms with van der Waals surface area (Å²) in [5.41, 5.74) is -1.64. The molecule has 1 saturated carbocycles. The van der Waals surface area contributed by atoms with Crippen molar-refractivity contribution in [2.45, 2.75) is 13.8 Å². The van der Waals surface area contributed by atoms with Crippen molar-refractivity contribution in [1.82, 2.24) is 0 Å². The lowest BCUT2D eigenvalue weighted by atomic mass is 9.86. The zero-order chi connectivity index (χ0) is 23.7. The molecule has 166 valence electrons. The molecule has 0 bridgehead atoms. The predicted octanol–water partition coefficient (Wildman–Crippen LogP) is 3.77. The van der Waals surface area contributed by atoms with Gasteiger partial charge in [0, 0.05) is 23.6 Å². The molecule has 0 aliphatic heterocycles. The highest BCUT2D eigenvalue weighted by atomic mass is 16.6. The number of allylic oxidation sites excluding steroid dienone is 1. The summed E-state index contributed by atoms with van der Waals surface area (Å²) in [5, 5.41) is 11.1. The smallest absolute Gasteiger partial charge is 0.324 e. The molecule has 1 fully saturated rings. The van der Waals surface area contributed by atoms with E-state index in [-0.39, 0.29) is 5.69 Å². The third kappa shape index (κ3) is 3.37. The third-order valence-corrected chi connectivity index (χ3v) is 6.19. The van der Waals surface area contributed by atoms with Crippen molar-refractivity contribution in [1.29, 1.82) is 0 Å². The summed E-state index contributed by atoms with van der Waals surface area (Å²) in [7, 11) is 2.28. The summed E-state index contributed by atoms with van der Waals surface area (Å²) in [6.45, 7) is 3.41. The van der Waals surface area contributed by atoms with E-state index in [0.29, 0.717) is 11.1 Å². The predicted molar refractivity (Wildman–Crippen MR) is 116 cm³/mol. The summed E-state index contributed by atoms with van der Waals surface area (Å²) in [4.78, 5) is 49.8. The van der Waals surface area contributed by atoms with E-state index in [1.807, 2.05) is 6.92 Å². The zero-order valence-corrected chi connectivity index (χ0v) is 18.2. The zero-order valence-electron chi connectivity index (χ0n) is 18.2. The molecule has 1 aliphatic carbocycles. The molecule has 0 amide bonds. The van der Waals surface area contributed by atoms with Gasteiger partial charge in [-0.3, -0.25) is 24.5 Å². The van der Waals surface area contributed by atoms with Gasteiger partial charge in [-0.25, -0.2) is 0 Å². The second-order valence-electron chi connectivity index (χ2n) is 7.88. The van der Waals surface area contributed by atoms with Crippen molar-refractivity contribution < 1.29 is 28.8 Å². The molecule has 0 radical (unpaired) electrons. The van der Waals surface area contributed by atoms with Crippen LogP contribution in [0.15, 0.2) is 54.6 Å². The van der Waals surface area contributed by atoms with Crippen LogP contribution in [0.25, 0.3) is 6.08 Å². The highest BCUT2D eigenvalue weighted by Crippen LogP contribution is 2.72. The Hall–Kier alpha value is -3.81. The summed E-state index contributed by atoms with van der Waals surface area (Å²) < 4.78 is 9.84. The monoisotopic (exact) mass is 437 g/mol. The van der Waals surface area contributed by atoms with Gasteiger partial charge in [-0.2, -0.15) is 0 Å². The highest BCUT2D eigenvalue weighted by molar-refractivity contribution is 6.17. The van der Waals surface area contributed by atoms with E-state index in [9.17, 15) is 24.5 Å². The molecule has 2 aromatic rings. The topological polar surface area (TPSA) is 113 Å². The minimum atomic E-state index is -1.87. The first-order chi connectivity index (χ1) is 15.1. The van der Waals surface area contributed by atoms with Crippen LogP contribution >= 0.6 is 0 Å². The Morgan fingerprint density at radius 2 is 1.62 bits per heavy atom. The fourth-order valence-electron chi connectivity index (χ4n) is 4.35. The molecular formula is C24H23NO7. The van der Waals surface area contributed by atoms with E-state index < -0.39 is 39.4 Å². The van der Waals surface area contributed by atoms with Gasteiger partial charge in [-0.15, -0.1) is 0 Å². The molecule has 0 heterocycles. The summed E-state index contributed by atoms with van der Waals surface area (Å²) in [5.74, 6) is -3.02. The van der Waals surface area contributed by atoms with Crippen LogP contribution in [-0.2, 0) is 19.1 Å². The Bertz CT molecular complexity index is 1100. The molecule has 2 aromatic carbocycles. The number of methoxy groups -OCH3 is 2. The quantitative estimate of drug-likeness (QED) is 0.213. The Morgan fingerprint density at radius 1 is 1.03 bits per heavy atom. The summed E-state index contributed by atoms with van der Waals surface area (Å²) >= 11 is 0. The third-order valence-electron chi connectivity index (χ3n) is 6.19. The fraction of sp³-hybridized carbons (Fsp3) is 0.292. The van der Waals surface area contributed by atoms with Gasteiger partial charge < -0.3 is 9.47 Å². The number of hydrogen-bond acceptors (Lipinski definition) is 7. The first kappa shape index (κ1) is 22.9. The van der Waals surface area contributed by atoms with E-state index in [1.54, 1.807) is 42.5 Å². The number of ether oxygens (including phenoxy) is 2. The Balaban J connectivity index is 2.10. The molecule has 2 atom stereocenters. The van der Waals surface area contributed by atoms with Crippen LogP contribution in [0.4, 0.5) is 5.69 Å². The van der Waals surface area contributed by atoms with Crippen molar-refractivity contribution in [2.24, 2.45) is 16.7 Å². The number of benzene rings is 2. The van der Waals surface area contributed by atoms with Gasteiger partial charge in [0.2, 0.25) is 0 Å². The lowest BCUT2D eigenvalue weighted by Crippen LogP contribution is -2.36. The number of rotatable bonds is 7. The van der Waals surface area contributed by atoms with Crippen LogP contribution in [0.5, 0.6) is 0 Å². The number of ketones is 1. The second kappa shape index (κ2) is 8.37. The number of non-ortho nitro benzene ring substituents is 1. The largest absolute Gasteiger partial charge is 0.468 e. The van der Waals surface area contributed by atoms with Crippen molar-refractivity contribution in [3.8, 4) is 0 Å². The fourth-order valence-corrected chi connectivity index (χ4v) is 4.35. The lowest BCUT2D eigenvalue weighted by molar-refractivity contribution is -0.384. The molecule has 0 aromatic heterocycles. The molecule has 2 unspecified atom stereocenters. The maximum absolute atomic E-state index is 13.5. The Morgan fingerprint density at radius 3 is 2.16 bits per heavy atom. The van der Waals surface area contributed by atoms with Crippen LogP contribution in [0.2, 0.25) is 0 Å². The van der Waals surface area contributed by atoms with Gasteiger partial charge in [0.1, 0.15) is 0 Å². The molecule has 1 aliphatic rings. The van der Waals surface area contributed by atoms with Crippen LogP contribution in [0, 0.1) is 33.8 Å². The molecule has 0 N–H and O–H groups in total. The number of carbonyl (C=O) groups excluding carboxylic acids is 3. The average Bonchev–Trinajstić information content (AvgIpc) is 3.36. The van der Waals surface area contributed by atoms with Gasteiger partial charge in [-0.05, 0) is 19.4 Å². The number of esters is 2. The van der Waals surface area contributed by atoms with E-state index in [0.717, 1.165) is 19.8 Å². The SMILES string of the molecule is COC(=O)C1(C(=O)OC)C(C=Cc2cccc([N+](=O)[O-])c2)C1(C)C(=O)c1ccc(C)cc1. The van der Waals surface area contributed by atoms with Crippen LogP contribution in [0.3, 0.4) is 0 Å². The van der Waals surface area contributed by atoms with E-state index in [2.05, 4.69) is 0 Å². The number of aryl methyl sites for hydroxylation is 1. The number of nitro groups is 1. The normalized spacial score (nSPS) is 21.1. The first-order valence-corrected chi connectivity index (χ1v) is 9.85. The molecule has 8 heteroatoms. The van der Waals surface area contributed by atoms with Crippen molar-refractivity contribution >= 4 is 29.5 Å². The van der Waals surface area contributed by atoms with E-state index >= 15 is 0 Å². The standard InChI is InChI=1S/C24H23NO7/c1-15-8-11-17(12-9-15)20(26)23(2)19(24(23,21(27)31-3)22(28)32-4)13-10-16-6-5-7-18(14-16)25(29)30/h5-14,19H,1-4H3. The number of Topliss-reactive ketones (excluding diaryl/α,β-unsaturated/α-hetero) is 1. The van der Waals surface area contributed by atoms with E-state index in [1.165, 1.54) is 25.1 Å². The van der Waals surface area contributed by atoms with Crippen LogP contribution < -0.4 is 0 Å². The number of nitrogens with zero attached hydrogens (tertiary/aromatic N) is 1. The molecule has 8 nitrogen and oxygen atoms in total. The second-order valence-corrected chi connectivity index (χ2v) is 7.88. The summed E-state index contributed by atoms with van der Waals surface area (Å²) in [6, 6.07) is 12.7. The van der Waals surface area contributed by atoms with Gasteiger partial charge in [0.25, 0.3) is 5.69 Å². The molecule has 0 saturated heterocycles. The van der Waals surface area contributed by atoms with Gasteiger partial charge in [0.15, 0.2) is 11.2 Å². The maximum atomic E-state index is 13.5. The first-order valence-electron chi connectivity index (χ1n) is 9.85. The highest BCUT2D eigenvalue weighted by Gasteiger charge is 2.86. The number of carbonyl (C=O) groups is 3. The summed E-state index contributed by atoms with van der Waals surface area (Å²) in [6.07, 6.45) is 3.09. The lowest BCUT2D eigenvalue weighted by Gasteiger charge is -2.17. The molecule has 3 rings (SSSR count). The van der Waals surface area contributed by atoms with Crippen molar-refractivity contribution in [3.63, 3.8) is 0 Å². The van der Waals surface area contributed by atoms with Gasteiger partial charge in [0.05, 0.1) is 24.6 Å². The maximum Gasteiger partial charge on any atom is 0.324 e. The molecular weight excluding hydrogens is 414 g/mol. The van der Waals surface area contributed by atoms with Crippen molar-refractivity contribution in [2.75, 3.05) is 14.2 Å². The van der Waals surface area contributed by atoms with E-state index in [4.69, 9.17) is 9.47 Å². The minimum Gasteiger partial charge on any atom is -0.468 e. The number of hydrogen-bond donors (Lipinski definition) is 0. The number of nitro benzene ring substituents is 1. The van der Waals surface area contributed by atoms with Crippen molar-refractivity contribution in [3.05, 3.63) is 81.4 Å². The van der Waals surface area contributed by atoms with Crippen LogP contribution in [-0.4, -0.2) is 36.9 Å². The van der Waals surface area contributed by atoms with Crippen LogP contribution in [0.1, 0.15) is 28.4 Å². The Labute approximate surface area is 185 Å². The Kier molecular flexibility index (Phi) is 5.98. The van der Waals surface area contributed by atoms with Gasteiger partial charge in [-0.1, -0.05) is 54.1 Å². The molecule has 0 spiro atoms. The molecule has 32 heavy (non-hydrogen) atoms. The average molecular weight is 437 g/mol. The minimum absolute atomic E-state index is 0.103.